The maximum atomic E-state index is 5.97. The van der Waals surface area contributed by atoms with E-state index in [4.69, 9.17) is 10.3 Å². The predicted octanol–water partition coefficient (Wildman–Crippen LogP) is 2.19. The fourth-order valence-corrected chi connectivity index (χ4v) is 2.01. The van der Waals surface area contributed by atoms with Crippen LogP contribution >= 0.6 is 11.8 Å². The number of hydrogen-bond acceptors (Lipinski definition) is 6. The number of pyridine rings is 1. The van der Waals surface area contributed by atoms with Gasteiger partial charge in [0.1, 0.15) is 5.69 Å². The number of rotatable bonds is 5. The summed E-state index contributed by atoms with van der Waals surface area (Å²) in [6.07, 6.45) is 4.60. The molecule has 18 heavy (non-hydrogen) atoms. The van der Waals surface area contributed by atoms with Crippen LogP contribution in [-0.4, -0.2) is 27.1 Å². The molecule has 0 spiro atoms. The number of aromatic nitrogens is 3. The standard InChI is InChI=1S/C12H16N4OS/c1-8-3-5-14-10(7-8)11-15-12(17-16-11)9(13)4-6-18-2/h3,5,7,9H,4,6,13H2,1-2H3. The maximum Gasteiger partial charge on any atom is 0.243 e. The van der Waals surface area contributed by atoms with Gasteiger partial charge in [0.2, 0.25) is 11.7 Å². The van der Waals surface area contributed by atoms with Crippen LogP contribution in [0.1, 0.15) is 23.9 Å². The van der Waals surface area contributed by atoms with E-state index in [1.807, 2.05) is 25.3 Å². The van der Waals surface area contributed by atoms with Crippen LogP contribution in [0.5, 0.6) is 0 Å². The Bertz CT molecular complexity index is 514. The highest BCUT2D eigenvalue weighted by Crippen LogP contribution is 2.19. The van der Waals surface area contributed by atoms with E-state index in [-0.39, 0.29) is 6.04 Å². The number of hydrogen-bond donors (Lipinski definition) is 1. The molecular weight excluding hydrogens is 248 g/mol. The lowest BCUT2D eigenvalue weighted by atomic mass is 10.2. The van der Waals surface area contributed by atoms with E-state index in [0.29, 0.717) is 17.4 Å². The van der Waals surface area contributed by atoms with Crippen LogP contribution in [0.2, 0.25) is 0 Å². The first-order chi connectivity index (χ1) is 8.70. The Kier molecular flexibility index (Phi) is 4.33. The summed E-state index contributed by atoms with van der Waals surface area (Å²) in [7, 11) is 0. The third-order valence-corrected chi connectivity index (χ3v) is 3.18. The second kappa shape index (κ2) is 5.97. The van der Waals surface area contributed by atoms with Crippen molar-refractivity contribution in [2.75, 3.05) is 12.0 Å². The van der Waals surface area contributed by atoms with Gasteiger partial charge in [0.15, 0.2) is 0 Å². The first-order valence-corrected chi connectivity index (χ1v) is 7.11. The molecule has 1 unspecified atom stereocenters. The third kappa shape index (κ3) is 3.08. The zero-order valence-electron chi connectivity index (χ0n) is 10.5. The van der Waals surface area contributed by atoms with Gasteiger partial charge in [-0.05, 0) is 43.0 Å². The molecule has 2 N–H and O–H groups in total. The van der Waals surface area contributed by atoms with E-state index < -0.39 is 0 Å². The van der Waals surface area contributed by atoms with Gasteiger partial charge < -0.3 is 10.3 Å². The van der Waals surface area contributed by atoms with Gasteiger partial charge in [-0.25, -0.2) is 0 Å². The summed E-state index contributed by atoms with van der Waals surface area (Å²) in [4.78, 5) is 8.51. The molecule has 5 nitrogen and oxygen atoms in total. The normalized spacial score (nSPS) is 12.6. The van der Waals surface area contributed by atoms with Gasteiger partial charge in [-0.3, -0.25) is 4.98 Å². The second-order valence-corrected chi connectivity index (χ2v) is 5.05. The van der Waals surface area contributed by atoms with Gasteiger partial charge in [-0.2, -0.15) is 16.7 Å². The van der Waals surface area contributed by atoms with Crippen LogP contribution in [0.4, 0.5) is 0 Å². The van der Waals surface area contributed by atoms with Crippen molar-refractivity contribution in [2.45, 2.75) is 19.4 Å². The first kappa shape index (κ1) is 13.0. The fraction of sp³-hybridized carbons (Fsp3) is 0.417. The molecule has 0 saturated carbocycles. The monoisotopic (exact) mass is 264 g/mol. The highest BCUT2D eigenvalue weighted by atomic mass is 32.2. The Balaban J connectivity index is 2.15. The minimum atomic E-state index is -0.205. The molecule has 2 aromatic heterocycles. The minimum Gasteiger partial charge on any atom is -0.337 e. The van der Waals surface area contributed by atoms with E-state index in [1.165, 1.54) is 0 Å². The van der Waals surface area contributed by atoms with Crippen LogP contribution < -0.4 is 5.73 Å². The minimum absolute atomic E-state index is 0.205. The number of aryl methyl sites for hydroxylation is 1. The van der Waals surface area contributed by atoms with Crippen molar-refractivity contribution in [3.63, 3.8) is 0 Å². The van der Waals surface area contributed by atoms with E-state index in [9.17, 15) is 0 Å². The quantitative estimate of drug-likeness (QED) is 0.892. The topological polar surface area (TPSA) is 77.8 Å². The fourth-order valence-electron chi connectivity index (χ4n) is 1.52. The van der Waals surface area contributed by atoms with Crippen molar-refractivity contribution in [1.82, 2.24) is 15.1 Å². The van der Waals surface area contributed by atoms with Crippen LogP contribution in [0.25, 0.3) is 11.5 Å². The molecule has 0 aliphatic carbocycles. The largest absolute Gasteiger partial charge is 0.337 e. The zero-order chi connectivity index (χ0) is 13.0. The molecule has 0 radical (unpaired) electrons. The summed E-state index contributed by atoms with van der Waals surface area (Å²) in [6, 6.07) is 3.64. The summed E-state index contributed by atoms with van der Waals surface area (Å²) in [5.74, 6) is 1.94. The summed E-state index contributed by atoms with van der Waals surface area (Å²) < 4.78 is 5.18. The lowest BCUT2D eigenvalue weighted by molar-refractivity contribution is 0.353. The third-order valence-electron chi connectivity index (χ3n) is 2.54. The van der Waals surface area contributed by atoms with Gasteiger partial charge in [0.25, 0.3) is 0 Å². The lowest BCUT2D eigenvalue weighted by Crippen LogP contribution is -2.11. The van der Waals surface area contributed by atoms with E-state index in [2.05, 4.69) is 15.1 Å². The highest BCUT2D eigenvalue weighted by Gasteiger charge is 2.15. The molecule has 0 fully saturated rings. The highest BCUT2D eigenvalue weighted by molar-refractivity contribution is 7.98. The summed E-state index contributed by atoms with van der Waals surface area (Å²) in [5, 5.41) is 3.92. The Morgan fingerprint density at radius 2 is 2.33 bits per heavy atom. The Morgan fingerprint density at radius 1 is 1.50 bits per heavy atom. The molecule has 6 heteroatoms. The summed E-state index contributed by atoms with van der Waals surface area (Å²) >= 11 is 1.75. The smallest absolute Gasteiger partial charge is 0.243 e. The molecule has 2 heterocycles. The lowest BCUT2D eigenvalue weighted by Gasteiger charge is -2.03. The summed E-state index contributed by atoms with van der Waals surface area (Å²) in [5.41, 5.74) is 7.79. The van der Waals surface area contributed by atoms with Gasteiger partial charge in [0, 0.05) is 6.20 Å². The molecule has 0 amide bonds. The van der Waals surface area contributed by atoms with Crippen molar-refractivity contribution in [1.29, 1.82) is 0 Å². The van der Waals surface area contributed by atoms with Crippen molar-refractivity contribution in [3.8, 4) is 11.5 Å². The molecule has 0 aliphatic rings. The molecule has 0 saturated heterocycles. The molecule has 2 rings (SSSR count). The van der Waals surface area contributed by atoms with E-state index >= 15 is 0 Å². The van der Waals surface area contributed by atoms with Crippen LogP contribution in [-0.2, 0) is 0 Å². The molecule has 0 aliphatic heterocycles. The zero-order valence-corrected chi connectivity index (χ0v) is 11.3. The molecule has 0 aromatic carbocycles. The second-order valence-electron chi connectivity index (χ2n) is 4.06. The Labute approximate surface area is 110 Å². The average Bonchev–Trinajstić information content (AvgIpc) is 2.85. The molecular formula is C12H16N4OS. The molecule has 1 atom stereocenters. The number of nitrogens with two attached hydrogens (primary N) is 1. The van der Waals surface area contributed by atoms with Crippen molar-refractivity contribution >= 4 is 11.8 Å². The van der Waals surface area contributed by atoms with Gasteiger partial charge >= 0.3 is 0 Å². The van der Waals surface area contributed by atoms with Crippen LogP contribution in [0, 0.1) is 6.92 Å². The maximum absolute atomic E-state index is 5.97. The summed E-state index contributed by atoms with van der Waals surface area (Å²) in [6.45, 7) is 2.00. The van der Waals surface area contributed by atoms with E-state index in [1.54, 1.807) is 18.0 Å². The van der Waals surface area contributed by atoms with E-state index in [0.717, 1.165) is 17.7 Å². The SMILES string of the molecule is CSCCC(N)c1nc(-c2cc(C)ccn2)no1. The van der Waals surface area contributed by atoms with Gasteiger partial charge in [-0.1, -0.05) is 5.16 Å². The number of thioether (sulfide) groups is 1. The van der Waals surface area contributed by atoms with Crippen LogP contribution in [0.15, 0.2) is 22.9 Å². The van der Waals surface area contributed by atoms with Gasteiger partial charge in [-0.15, -0.1) is 0 Å². The number of nitrogens with zero attached hydrogens (tertiary/aromatic N) is 3. The van der Waals surface area contributed by atoms with Gasteiger partial charge in [0.05, 0.1) is 6.04 Å². The first-order valence-electron chi connectivity index (χ1n) is 5.72. The van der Waals surface area contributed by atoms with Crippen molar-refractivity contribution in [3.05, 3.63) is 29.8 Å². The van der Waals surface area contributed by atoms with Crippen LogP contribution in [0.3, 0.4) is 0 Å². The molecule has 96 valence electrons. The van der Waals surface area contributed by atoms with Crippen molar-refractivity contribution < 1.29 is 4.52 Å². The Hall–Kier alpha value is -1.40. The Morgan fingerprint density at radius 3 is 3.06 bits per heavy atom. The van der Waals surface area contributed by atoms with Crippen molar-refractivity contribution in [2.24, 2.45) is 5.73 Å². The molecule has 2 aromatic rings. The predicted molar refractivity (Wildman–Crippen MR) is 72.2 cm³/mol. The average molecular weight is 264 g/mol. The molecule has 0 bridgehead atoms.